The first-order chi connectivity index (χ1) is 10.3. The summed E-state index contributed by atoms with van der Waals surface area (Å²) in [5, 5.41) is 5.28. The predicted molar refractivity (Wildman–Crippen MR) is 83.5 cm³/mol. The maximum atomic E-state index is 11.8. The fraction of sp³-hybridized carbons (Fsp3) is 0.571. The highest BCUT2D eigenvalue weighted by atomic mass is 32.2. The van der Waals surface area contributed by atoms with E-state index in [1.165, 1.54) is 0 Å². The average molecular weight is 327 g/mol. The number of aryl methyl sites for hydroxylation is 2. The van der Waals surface area contributed by atoms with Crippen LogP contribution in [0.1, 0.15) is 23.2 Å². The molecular weight excluding hydrogens is 306 g/mol. The number of pyridine rings is 1. The van der Waals surface area contributed by atoms with Crippen molar-refractivity contribution >= 4 is 15.9 Å². The Bertz CT molecular complexity index is 724. The molecule has 2 amide bonds. The summed E-state index contributed by atoms with van der Waals surface area (Å²) in [5.74, 6) is 0.295. The minimum atomic E-state index is -2.93. The van der Waals surface area contributed by atoms with Crippen LogP contribution in [-0.4, -0.2) is 37.5 Å². The van der Waals surface area contributed by atoms with Gasteiger partial charge >= 0.3 is 6.03 Å². The van der Waals surface area contributed by atoms with E-state index in [2.05, 4.69) is 15.6 Å². The third-order valence-electron chi connectivity index (χ3n) is 3.80. The number of amides is 2. The fourth-order valence-corrected chi connectivity index (χ4v) is 4.46. The Morgan fingerprint density at radius 3 is 2.68 bits per heavy atom. The summed E-state index contributed by atoms with van der Waals surface area (Å²) >= 11 is 0. The van der Waals surface area contributed by atoms with Gasteiger partial charge in [-0.25, -0.2) is 13.2 Å². The maximum absolute atomic E-state index is 11.8. The average Bonchev–Trinajstić information content (AvgIpc) is 2.74. The number of urea groups is 1. The van der Waals surface area contributed by atoms with Gasteiger partial charge in [-0.2, -0.15) is 0 Å². The van der Waals surface area contributed by atoms with Gasteiger partial charge < -0.3 is 15.6 Å². The Morgan fingerprint density at radius 1 is 1.36 bits per heavy atom. The number of carbonyl (C=O) groups excluding carboxylic acids is 1. The first-order valence-electron chi connectivity index (χ1n) is 7.18. The highest BCUT2D eigenvalue weighted by Crippen LogP contribution is 2.17. The number of aromatic nitrogens is 1. The van der Waals surface area contributed by atoms with Crippen molar-refractivity contribution in [1.29, 1.82) is 0 Å². The number of hydrogen-bond acceptors (Lipinski definition) is 4. The molecule has 22 heavy (non-hydrogen) atoms. The lowest BCUT2D eigenvalue weighted by Gasteiger charge is -2.11. The zero-order valence-electron chi connectivity index (χ0n) is 12.7. The van der Waals surface area contributed by atoms with Crippen LogP contribution in [0, 0.1) is 19.8 Å². The number of carbonyl (C=O) groups is 1. The first kappa shape index (κ1) is 16.5. The number of rotatable bonds is 4. The van der Waals surface area contributed by atoms with Crippen molar-refractivity contribution in [2.24, 2.45) is 5.92 Å². The molecule has 1 fully saturated rings. The van der Waals surface area contributed by atoms with Gasteiger partial charge in [0.1, 0.15) is 0 Å². The number of hydrogen-bond donors (Lipinski definition) is 3. The van der Waals surface area contributed by atoms with E-state index in [0.29, 0.717) is 18.5 Å². The normalized spacial score (nSPS) is 19.8. The molecule has 0 bridgehead atoms. The van der Waals surface area contributed by atoms with Crippen molar-refractivity contribution in [2.45, 2.75) is 26.8 Å². The molecule has 0 saturated carbocycles. The molecule has 8 heteroatoms. The summed E-state index contributed by atoms with van der Waals surface area (Å²) in [6.07, 6.45) is 0.583. The van der Waals surface area contributed by atoms with E-state index in [1.807, 2.05) is 13.0 Å². The second-order valence-corrected chi connectivity index (χ2v) is 8.00. The van der Waals surface area contributed by atoms with Crippen LogP contribution in [0.2, 0.25) is 0 Å². The zero-order chi connectivity index (χ0) is 16.3. The lowest BCUT2D eigenvalue weighted by molar-refractivity contribution is 0.239. The third kappa shape index (κ3) is 4.33. The largest absolute Gasteiger partial charge is 0.338 e. The fourth-order valence-electron chi connectivity index (χ4n) is 2.60. The van der Waals surface area contributed by atoms with Crippen LogP contribution in [0.3, 0.4) is 0 Å². The van der Waals surface area contributed by atoms with E-state index < -0.39 is 15.9 Å². The van der Waals surface area contributed by atoms with Crippen molar-refractivity contribution in [3.63, 3.8) is 0 Å². The third-order valence-corrected chi connectivity index (χ3v) is 5.63. The van der Waals surface area contributed by atoms with Crippen molar-refractivity contribution < 1.29 is 13.2 Å². The summed E-state index contributed by atoms with van der Waals surface area (Å²) in [5.41, 5.74) is 1.91. The van der Waals surface area contributed by atoms with Gasteiger partial charge in [-0.1, -0.05) is 0 Å². The van der Waals surface area contributed by atoms with Gasteiger partial charge in [-0.05, 0) is 37.8 Å². The van der Waals surface area contributed by atoms with Crippen molar-refractivity contribution in [3.05, 3.63) is 33.2 Å². The van der Waals surface area contributed by atoms with E-state index in [9.17, 15) is 18.0 Å². The van der Waals surface area contributed by atoms with Crippen LogP contribution in [0.5, 0.6) is 0 Å². The van der Waals surface area contributed by atoms with Crippen LogP contribution in [-0.2, 0) is 16.4 Å². The van der Waals surface area contributed by atoms with Crippen LogP contribution in [0.25, 0.3) is 0 Å². The van der Waals surface area contributed by atoms with Crippen molar-refractivity contribution in [1.82, 2.24) is 15.6 Å². The molecule has 1 saturated heterocycles. The van der Waals surface area contributed by atoms with Gasteiger partial charge in [0.2, 0.25) is 0 Å². The molecule has 1 atom stereocenters. The molecule has 1 aromatic heterocycles. The Hall–Kier alpha value is -1.83. The topological polar surface area (TPSA) is 108 Å². The minimum absolute atomic E-state index is 0.0275. The van der Waals surface area contributed by atoms with Gasteiger partial charge in [0.25, 0.3) is 5.56 Å². The Morgan fingerprint density at radius 2 is 2.09 bits per heavy atom. The molecule has 1 unspecified atom stereocenters. The second kappa shape index (κ2) is 6.51. The van der Waals surface area contributed by atoms with Crippen LogP contribution in [0.4, 0.5) is 4.79 Å². The summed E-state index contributed by atoms with van der Waals surface area (Å²) < 4.78 is 22.7. The lowest BCUT2D eigenvalue weighted by Crippen LogP contribution is -2.39. The van der Waals surface area contributed by atoms with Crippen LogP contribution in [0.15, 0.2) is 10.9 Å². The van der Waals surface area contributed by atoms with Gasteiger partial charge in [-0.15, -0.1) is 0 Å². The minimum Gasteiger partial charge on any atom is -0.338 e. The monoisotopic (exact) mass is 327 g/mol. The SMILES string of the molecule is Cc1cc(C)c(CNC(=O)NCC2CCS(=O)(=O)C2)c(=O)[nH]1. The van der Waals surface area contributed by atoms with Gasteiger partial charge in [0, 0.05) is 17.8 Å². The standard InChI is InChI=1S/C14H21N3O4S/c1-9-5-10(2)17-13(18)12(9)7-16-14(19)15-6-11-3-4-22(20,21)8-11/h5,11H,3-4,6-8H2,1-2H3,(H,17,18)(H2,15,16,19). The molecule has 0 aromatic carbocycles. The smallest absolute Gasteiger partial charge is 0.315 e. The quantitative estimate of drug-likeness (QED) is 0.735. The molecule has 2 rings (SSSR count). The molecule has 1 aliphatic rings. The summed E-state index contributed by atoms with van der Waals surface area (Å²) in [6.45, 7) is 4.08. The Kier molecular flexibility index (Phi) is 4.90. The lowest BCUT2D eigenvalue weighted by atomic mass is 10.1. The molecule has 7 nitrogen and oxygen atoms in total. The van der Waals surface area contributed by atoms with E-state index in [0.717, 1.165) is 11.3 Å². The molecule has 122 valence electrons. The molecular formula is C14H21N3O4S. The van der Waals surface area contributed by atoms with Gasteiger partial charge in [0.15, 0.2) is 9.84 Å². The number of sulfone groups is 1. The van der Waals surface area contributed by atoms with Gasteiger partial charge in [-0.3, -0.25) is 4.79 Å². The van der Waals surface area contributed by atoms with E-state index >= 15 is 0 Å². The molecule has 0 spiro atoms. The van der Waals surface area contributed by atoms with E-state index in [-0.39, 0.29) is 29.5 Å². The van der Waals surface area contributed by atoms with Crippen LogP contribution >= 0.6 is 0 Å². The summed E-state index contributed by atoms with van der Waals surface area (Å²) in [4.78, 5) is 26.3. The highest BCUT2D eigenvalue weighted by molar-refractivity contribution is 7.91. The Balaban J connectivity index is 1.83. The van der Waals surface area contributed by atoms with Gasteiger partial charge in [0.05, 0.1) is 18.1 Å². The highest BCUT2D eigenvalue weighted by Gasteiger charge is 2.27. The van der Waals surface area contributed by atoms with E-state index in [1.54, 1.807) is 6.92 Å². The number of aromatic amines is 1. The van der Waals surface area contributed by atoms with Crippen molar-refractivity contribution in [3.8, 4) is 0 Å². The van der Waals surface area contributed by atoms with Crippen molar-refractivity contribution in [2.75, 3.05) is 18.1 Å². The molecule has 0 aliphatic carbocycles. The summed E-state index contributed by atoms with van der Waals surface area (Å²) in [7, 11) is -2.93. The molecule has 3 N–H and O–H groups in total. The Labute approximate surface area is 129 Å². The maximum Gasteiger partial charge on any atom is 0.315 e. The molecule has 1 aromatic rings. The van der Waals surface area contributed by atoms with Crippen LogP contribution < -0.4 is 16.2 Å². The zero-order valence-corrected chi connectivity index (χ0v) is 13.5. The molecule has 0 radical (unpaired) electrons. The van der Waals surface area contributed by atoms with E-state index in [4.69, 9.17) is 0 Å². The first-order valence-corrected chi connectivity index (χ1v) is 9.00. The second-order valence-electron chi connectivity index (χ2n) is 5.78. The summed E-state index contributed by atoms with van der Waals surface area (Å²) in [6, 6.07) is 1.45. The number of H-pyrrole nitrogens is 1. The molecule has 1 aliphatic heterocycles. The number of nitrogens with one attached hydrogen (secondary N) is 3. The molecule has 2 heterocycles. The predicted octanol–water partition coefficient (Wildman–Crippen LogP) is 0.226.